The van der Waals surface area contributed by atoms with E-state index in [9.17, 15) is 4.79 Å². The molecule has 7 heteroatoms. The predicted octanol–water partition coefficient (Wildman–Crippen LogP) is 3.28. The van der Waals surface area contributed by atoms with E-state index in [2.05, 4.69) is 20.2 Å². The number of hydrogen-bond acceptors (Lipinski definition) is 5. The number of rotatable bonds is 3. The molecule has 1 N–H and O–H groups in total. The van der Waals surface area contributed by atoms with E-state index < -0.39 is 0 Å². The Morgan fingerprint density at radius 3 is 2.84 bits per heavy atom. The monoisotopic (exact) mass is 356 g/mol. The second kappa shape index (κ2) is 6.72. The Labute approximate surface area is 149 Å². The second-order valence-electron chi connectivity index (χ2n) is 6.07. The number of pyridine rings is 1. The van der Waals surface area contributed by atoms with Gasteiger partial charge in [-0.05, 0) is 43.2 Å². The standard InChI is InChI=1S/C18H17ClN4O2/c19-13-4-1-3-12(11-13)17(24)21-14-6-9-23(10-7-14)18-22-16-15(25-18)5-2-8-20-16/h1-5,8,11,14H,6-7,9-10H2,(H,21,24). The van der Waals surface area contributed by atoms with E-state index in [0.717, 1.165) is 25.9 Å². The minimum Gasteiger partial charge on any atom is -0.422 e. The SMILES string of the molecule is O=C(NC1CCN(c2nc3ncccc3o2)CC1)c1cccc(Cl)c1. The zero-order valence-corrected chi connectivity index (χ0v) is 14.2. The number of benzene rings is 1. The third kappa shape index (κ3) is 3.44. The number of nitrogens with zero attached hydrogens (tertiary/aromatic N) is 3. The molecule has 3 heterocycles. The first-order valence-corrected chi connectivity index (χ1v) is 8.60. The molecule has 1 aromatic carbocycles. The number of carbonyl (C=O) groups is 1. The number of fused-ring (bicyclic) bond motifs is 1. The zero-order valence-electron chi connectivity index (χ0n) is 13.5. The van der Waals surface area contributed by atoms with Gasteiger partial charge < -0.3 is 14.6 Å². The van der Waals surface area contributed by atoms with Crippen molar-refractivity contribution in [3.63, 3.8) is 0 Å². The van der Waals surface area contributed by atoms with Gasteiger partial charge in [-0.1, -0.05) is 17.7 Å². The largest absolute Gasteiger partial charge is 0.422 e. The summed E-state index contributed by atoms with van der Waals surface area (Å²) in [5.41, 5.74) is 1.89. The molecule has 2 aromatic heterocycles. The zero-order chi connectivity index (χ0) is 17.2. The van der Waals surface area contributed by atoms with Gasteiger partial charge >= 0.3 is 0 Å². The average Bonchev–Trinajstić information content (AvgIpc) is 3.06. The Hall–Kier alpha value is -2.60. The summed E-state index contributed by atoms with van der Waals surface area (Å²) < 4.78 is 5.76. The molecular formula is C18H17ClN4O2. The van der Waals surface area contributed by atoms with E-state index in [0.29, 0.717) is 27.8 Å². The van der Waals surface area contributed by atoms with Crippen LogP contribution in [0.3, 0.4) is 0 Å². The number of oxazole rings is 1. The molecule has 3 aromatic rings. The maximum absolute atomic E-state index is 12.3. The van der Waals surface area contributed by atoms with Crippen LogP contribution in [0.2, 0.25) is 5.02 Å². The summed E-state index contributed by atoms with van der Waals surface area (Å²) in [6.45, 7) is 1.54. The van der Waals surface area contributed by atoms with Gasteiger partial charge in [0.05, 0.1) is 0 Å². The van der Waals surface area contributed by atoms with Crippen molar-refractivity contribution in [3.05, 3.63) is 53.2 Å². The normalized spacial score (nSPS) is 15.5. The molecule has 0 aliphatic carbocycles. The highest BCUT2D eigenvalue weighted by Crippen LogP contribution is 2.23. The molecule has 1 amide bonds. The molecule has 0 saturated carbocycles. The fraction of sp³-hybridized carbons (Fsp3) is 0.278. The van der Waals surface area contributed by atoms with Crippen molar-refractivity contribution in [1.29, 1.82) is 0 Å². The molecule has 6 nitrogen and oxygen atoms in total. The summed E-state index contributed by atoms with van der Waals surface area (Å²) in [5.74, 6) is -0.0907. The number of aromatic nitrogens is 2. The average molecular weight is 357 g/mol. The van der Waals surface area contributed by atoms with E-state index >= 15 is 0 Å². The van der Waals surface area contributed by atoms with Crippen LogP contribution in [0.25, 0.3) is 11.2 Å². The van der Waals surface area contributed by atoms with Gasteiger partial charge in [0.15, 0.2) is 5.58 Å². The third-order valence-electron chi connectivity index (χ3n) is 4.34. The molecular weight excluding hydrogens is 340 g/mol. The minimum absolute atomic E-state index is 0.0907. The van der Waals surface area contributed by atoms with Gasteiger partial charge in [0, 0.05) is 35.9 Å². The second-order valence-corrected chi connectivity index (χ2v) is 6.50. The lowest BCUT2D eigenvalue weighted by Crippen LogP contribution is -2.44. The predicted molar refractivity (Wildman–Crippen MR) is 96.0 cm³/mol. The molecule has 1 fully saturated rings. The van der Waals surface area contributed by atoms with Gasteiger partial charge in [-0.2, -0.15) is 4.98 Å². The lowest BCUT2D eigenvalue weighted by Gasteiger charge is -2.31. The fourth-order valence-corrected chi connectivity index (χ4v) is 3.20. The molecule has 1 aliphatic heterocycles. The van der Waals surface area contributed by atoms with Crippen LogP contribution in [-0.4, -0.2) is 35.0 Å². The Balaban J connectivity index is 1.37. The number of hydrogen-bond donors (Lipinski definition) is 1. The fourth-order valence-electron chi connectivity index (χ4n) is 3.01. The van der Waals surface area contributed by atoms with Crippen molar-refractivity contribution in [1.82, 2.24) is 15.3 Å². The van der Waals surface area contributed by atoms with Crippen LogP contribution in [0.1, 0.15) is 23.2 Å². The van der Waals surface area contributed by atoms with Crippen LogP contribution in [0.4, 0.5) is 6.01 Å². The highest BCUT2D eigenvalue weighted by Gasteiger charge is 2.24. The summed E-state index contributed by atoms with van der Waals surface area (Å²) in [7, 11) is 0. The number of halogens is 1. The Morgan fingerprint density at radius 2 is 2.08 bits per heavy atom. The lowest BCUT2D eigenvalue weighted by atomic mass is 10.0. The lowest BCUT2D eigenvalue weighted by molar-refractivity contribution is 0.0931. The topological polar surface area (TPSA) is 71.3 Å². The Kier molecular flexibility index (Phi) is 4.28. The van der Waals surface area contributed by atoms with Gasteiger partial charge in [0.25, 0.3) is 11.9 Å². The number of amides is 1. The highest BCUT2D eigenvalue weighted by atomic mass is 35.5. The van der Waals surface area contributed by atoms with Crippen molar-refractivity contribution >= 4 is 34.8 Å². The number of carbonyl (C=O) groups excluding carboxylic acids is 1. The molecule has 0 radical (unpaired) electrons. The molecule has 0 atom stereocenters. The van der Waals surface area contributed by atoms with Crippen molar-refractivity contribution in [2.24, 2.45) is 0 Å². The summed E-state index contributed by atoms with van der Waals surface area (Å²) >= 11 is 5.94. The first-order valence-electron chi connectivity index (χ1n) is 8.22. The maximum Gasteiger partial charge on any atom is 0.299 e. The molecule has 0 unspecified atom stereocenters. The molecule has 25 heavy (non-hydrogen) atoms. The van der Waals surface area contributed by atoms with E-state index in [-0.39, 0.29) is 11.9 Å². The van der Waals surface area contributed by atoms with Crippen LogP contribution in [0, 0.1) is 0 Å². The molecule has 0 bridgehead atoms. The summed E-state index contributed by atoms with van der Waals surface area (Å²) in [4.78, 5) is 23.0. The van der Waals surface area contributed by atoms with Crippen LogP contribution in [0.15, 0.2) is 47.0 Å². The molecule has 0 spiro atoms. The maximum atomic E-state index is 12.3. The van der Waals surface area contributed by atoms with E-state index in [4.69, 9.17) is 16.0 Å². The van der Waals surface area contributed by atoms with Crippen molar-refractivity contribution < 1.29 is 9.21 Å². The van der Waals surface area contributed by atoms with E-state index in [1.54, 1.807) is 30.5 Å². The first-order chi connectivity index (χ1) is 12.2. The quantitative estimate of drug-likeness (QED) is 0.779. The van der Waals surface area contributed by atoms with Gasteiger partial charge in [-0.15, -0.1) is 0 Å². The van der Waals surface area contributed by atoms with Crippen molar-refractivity contribution in [2.75, 3.05) is 18.0 Å². The van der Waals surface area contributed by atoms with E-state index in [1.807, 2.05) is 12.1 Å². The first kappa shape index (κ1) is 15.9. The summed E-state index contributed by atoms with van der Waals surface area (Å²) in [5, 5.41) is 3.64. The summed E-state index contributed by atoms with van der Waals surface area (Å²) in [6, 6.07) is 11.4. The van der Waals surface area contributed by atoms with Gasteiger partial charge in [0.2, 0.25) is 5.65 Å². The third-order valence-corrected chi connectivity index (χ3v) is 4.58. The number of anilines is 1. The van der Waals surface area contributed by atoms with Gasteiger partial charge in [-0.3, -0.25) is 4.79 Å². The van der Waals surface area contributed by atoms with Crippen molar-refractivity contribution in [3.8, 4) is 0 Å². The van der Waals surface area contributed by atoms with Crippen LogP contribution in [0.5, 0.6) is 0 Å². The van der Waals surface area contributed by atoms with E-state index in [1.165, 1.54) is 0 Å². The molecule has 4 rings (SSSR count). The van der Waals surface area contributed by atoms with Crippen LogP contribution in [-0.2, 0) is 0 Å². The molecule has 1 aliphatic rings. The highest BCUT2D eigenvalue weighted by molar-refractivity contribution is 6.30. The van der Waals surface area contributed by atoms with Gasteiger partial charge in [-0.25, -0.2) is 4.98 Å². The summed E-state index contributed by atoms with van der Waals surface area (Å²) in [6.07, 6.45) is 3.36. The van der Waals surface area contributed by atoms with Crippen LogP contribution < -0.4 is 10.2 Å². The Morgan fingerprint density at radius 1 is 1.24 bits per heavy atom. The smallest absolute Gasteiger partial charge is 0.299 e. The molecule has 128 valence electrons. The minimum atomic E-state index is -0.0907. The van der Waals surface area contributed by atoms with Crippen LogP contribution >= 0.6 is 11.6 Å². The van der Waals surface area contributed by atoms with Crippen molar-refractivity contribution in [2.45, 2.75) is 18.9 Å². The number of piperidine rings is 1. The van der Waals surface area contributed by atoms with Gasteiger partial charge in [0.1, 0.15) is 0 Å². The molecule has 1 saturated heterocycles. The number of nitrogens with one attached hydrogen (secondary N) is 1. The Bertz CT molecular complexity index is 870.